The van der Waals surface area contributed by atoms with Gasteiger partial charge in [-0.2, -0.15) is 11.8 Å². The third kappa shape index (κ3) is 3.00. The first-order chi connectivity index (χ1) is 8.24. The van der Waals surface area contributed by atoms with Gasteiger partial charge in [0.05, 0.1) is 17.2 Å². The zero-order chi connectivity index (χ0) is 12.3. The molecule has 1 fully saturated rings. The van der Waals surface area contributed by atoms with E-state index in [1.807, 2.05) is 11.8 Å². The SMILES string of the molecule is COCc1nc(N2CCSC(C)C2)sc1C=O. The van der Waals surface area contributed by atoms with Gasteiger partial charge in [0.15, 0.2) is 11.4 Å². The van der Waals surface area contributed by atoms with Crippen molar-refractivity contribution in [3.05, 3.63) is 10.6 Å². The number of rotatable bonds is 4. The molecule has 94 valence electrons. The molecule has 0 aliphatic carbocycles. The summed E-state index contributed by atoms with van der Waals surface area (Å²) < 4.78 is 5.05. The molecule has 1 aliphatic heterocycles. The highest BCUT2D eigenvalue weighted by molar-refractivity contribution is 8.00. The van der Waals surface area contributed by atoms with Gasteiger partial charge in [-0.05, 0) is 0 Å². The van der Waals surface area contributed by atoms with E-state index < -0.39 is 0 Å². The predicted octanol–water partition coefficient (Wildman–Crippen LogP) is 2.04. The fourth-order valence-electron chi connectivity index (χ4n) is 1.81. The Labute approximate surface area is 109 Å². The van der Waals surface area contributed by atoms with Crippen molar-refractivity contribution in [3.63, 3.8) is 0 Å². The Morgan fingerprint density at radius 3 is 3.12 bits per heavy atom. The zero-order valence-electron chi connectivity index (χ0n) is 10.0. The molecule has 6 heteroatoms. The lowest BCUT2D eigenvalue weighted by atomic mass is 10.4. The van der Waals surface area contributed by atoms with Crippen LogP contribution in [0, 0.1) is 0 Å². The molecule has 1 aliphatic rings. The minimum absolute atomic E-state index is 0.405. The van der Waals surface area contributed by atoms with Crippen molar-refractivity contribution in [2.24, 2.45) is 0 Å². The molecule has 0 N–H and O–H groups in total. The number of carbonyl (C=O) groups excluding carboxylic acids is 1. The summed E-state index contributed by atoms with van der Waals surface area (Å²) in [4.78, 5) is 18.4. The maximum absolute atomic E-state index is 11.0. The van der Waals surface area contributed by atoms with Crippen molar-refractivity contribution >= 4 is 34.5 Å². The Kier molecular flexibility index (Phi) is 4.42. The first-order valence-corrected chi connectivity index (χ1v) is 7.41. The molecule has 0 aromatic carbocycles. The molecule has 1 aromatic heterocycles. The first kappa shape index (κ1) is 12.9. The van der Waals surface area contributed by atoms with Crippen molar-refractivity contribution in [1.29, 1.82) is 0 Å². The Morgan fingerprint density at radius 1 is 1.65 bits per heavy atom. The standard InChI is InChI=1S/C11H16N2O2S2/c1-8-5-13(3-4-16-8)11-12-9(7-15-2)10(6-14)17-11/h6,8H,3-5,7H2,1-2H3. The number of hydrogen-bond acceptors (Lipinski definition) is 6. The minimum Gasteiger partial charge on any atom is -0.378 e. The van der Waals surface area contributed by atoms with E-state index in [2.05, 4.69) is 16.8 Å². The summed E-state index contributed by atoms with van der Waals surface area (Å²) in [6.45, 7) is 4.64. The summed E-state index contributed by atoms with van der Waals surface area (Å²) in [5.74, 6) is 1.12. The molecule has 0 spiro atoms. The van der Waals surface area contributed by atoms with Crippen LogP contribution in [0.5, 0.6) is 0 Å². The summed E-state index contributed by atoms with van der Waals surface area (Å²) in [7, 11) is 1.62. The summed E-state index contributed by atoms with van der Waals surface area (Å²) in [5, 5.41) is 1.57. The summed E-state index contributed by atoms with van der Waals surface area (Å²) in [6, 6.07) is 0. The molecular weight excluding hydrogens is 256 g/mol. The van der Waals surface area contributed by atoms with Crippen molar-refractivity contribution in [3.8, 4) is 0 Å². The minimum atomic E-state index is 0.405. The first-order valence-electron chi connectivity index (χ1n) is 5.55. The molecular formula is C11H16N2O2S2. The summed E-state index contributed by atoms with van der Waals surface area (Å²) >= 11 is 3.45. The second-order valence-electron chi connectivity index (χ2n) is 3.99. The average Bonchev–Trinajstić information content (AvgIpc) is 2.73. The van der Waals surface area contributed by atoms with Gasteiger partial charge in [-0.15, -0.1) is 0 Å². The third-order valence-electron chi connectivity index (χ3n) is 2.62. The van der Waals surface area contributed by atoms with Crippen molar-refractivity contribution in [1.82, 2.24) is 4.98 Å². The molecule has 1 saturated heterocycles. The van der Waals surface area contributed by atoms with Gasteiger partial charge >= 0.3 is 0 Å². The quantitative estimate of drug-likeness (QED) is 0.785. The lowest BCUT2D eigenvalue weighted by Gasteiger charge is -2.30. The lowest BCUT2D eigenvalue weighted by Crippen LogP contribution is -2.36. The number of anilines is 1. The second-order valence-corrected chi connectivity index (χ2v) is 6.54. The van der Waals surface area contributed by atoms with Gasteiger partial charge in [0.2, 0.25) is 0 Å². The third-order valence-corrected chi connectivity index (χ3v) is 4.84. The van der Waals surface area contributed by atoms with E-state index in [1.54, 1.807) is 7.11 Å². The number of carbonyl (C=O) groups is 1. The van der Waals surface area contributed by atoms with Crippen LogP contribution in [0.25, 0.3) is 0 Å². The van der Waals surface area contributed by atoms with E-state index >= 15 is 0 Å². The van der Waals surface area contributed by atoms with Crippen molar-refractivity contribution in [2.45, 2.75) is 18.8 Å². The van der Waals surface area contributed by atoms with E-state index in [0.29, 0.717) is 16.7 Å². The van der Waals surface area contributed by atoms with Crippen LogP contribution >= 0.6 is 23.1 Å². The molecule has 1 atom stereocenters. The Balaban J connectivity index is 2.17. The molecule has 0 bridgehead atoms. The number of aldehydes is 1. The molecule has 4 nitrogen and oxygen atoms in total. The molecule has 2 heterocycles. The van der Waals surface area contributed by atoms with Crippen LogP contribution in [0.1, 0.15) is 22.3 Å². The van der Waals surface area contributed by atoms with Crippen LogP contribution in [0.3, 0.4) is 0 Å². The van der Waals surface area contributed by atoms with Crippen molar-refractivity contribution < 1.29 is 9.53 Å². The van der Waals surface area contributed by atoms with Crippen LogP contribution in [0.4, 0.5) is 5.13 Å². The smallest absolute Gasteiger partial charge is 0.186 e. The Hall–Kier alpha value is -0.590. The van der Waals surface area contributed by atoms with Gasteiger partial charge in [-0.1, -0.05) is 18.3 Å². The summed E-state index contributed by atoms with van der Waals surface area (Å²) in [5.41, 5.74) is 0.758. The highest BCUT2D eigenvalue weighted by Crippen LogP contribution is 2.29. The molecule has 17 heavy (non-hydrogen) atoms. The number of hydrogen-bond donors (Lipinski definition) is 0. The van der Waals surface area contributed by atoms with Crippen LogP contribution in [-0.4, -0.2) is 42.5 Å². The largest absolute Gasteiger partial charge is 0.378 e. The van der Waals surface area contributed by atoms with Gasteiger partial charge < -0.3 is 9.64 Å². The van der Waals surface area contributed by atoms with E-state index in [-0.39, 0.29) is 0 Å². The van der Waals surface area contributed by atoms with E-state index in [0.717, 1.165) is 36.0 Å². The second kappa shape index (κ2) is 5.84. The van der Waals surface area contributed by atoms with Gasteiger partial charge in [-0.3, -0.25) is 4.79 Å². The van der Waals surface area contributed by atoms with Crippen molar-refractivity contribution in [2.75, 3.05) is 30.9 Å². The molecule has 0 amide bonds. The Bertz CT molecular complexity index is 395. The molecule has 0 saturated carbocycles. The number of thiazole rings is 1. The number of nitrogens with zero attached hydrogens (tertiary/aromatic N) is 2. The molecule has 1 unspecified atom stereocenters. The normalized spacial score (nSPS) is 20.6. The maximum Gasteiger partial charge on any atom is 0.186 e. The van der Waals surface area contributed by atoms with E-state index in [1.165, 1.54) is 11.3 Å². The highest BCUT2D eigenvalue weighted by Gasteiger charge is 2.21. The van der Waals surface area contributed by atoms with Gasteiger partial charge in [-0.25, -0.2) is 4.98 Å². The maximum atomic E-state index is 11.0. The topological polar surface area (TPSA) is 42.4 Å². The van der Waals surface area contributed by atoms with Gasteiger partial charge in [0, 0.05) is 31.2 Å². The van der Waals surface area contributed by atoms with Crippen LogP contribution < -0.4 is 4.90 Å². The number of methoxy groups -OCH3 is 1. The molecule has 2 rings (SSSR count). The lowest BCUT2D eigenvalue weighted by molar-refractivity contribution is 0.112. The average molecular weight is 272 g/mol. The van der Waals surface area contributed by atoms with Gasteiger partial charge in [0.25, 0.3) is 0 Å². The summed E-state index contributed by atoms with van der Waals surface area (Å²) in [6.07, 6.45) is 0.873. The van der Waals surface area contributed by atoms with Gasteiger partial charge in [0.1, 0.15) is 0 Å². The number of thioether (sulfide) groups is 1. The molecule has 0 radical (unpaired) electrons. The highest BCUT2D eigenvalue weighted by atomic mass is 32.2. The fraction of sp³-hybridized carbons (Fsp3) is 0.636. The van der Waals surface area contributed by atoms with Crippen LogP contribution in [0.2, 0.25) is 0 Å². The molecule has 1 aromatic rings. The number of ether oxygens (including phenoxy) is 1. The zero-order valence-corrected chi connectivity index (χ0v) is 11.6. The van der Waals surface area contributed by atoms with E-state index in [4.69, 9.17) is 4.74 Å². The number of aromatic nitrogens is 1. The predicted molar refractivity (Wildman–Crippen MR) is 72.3 cm³/mol. The monoisotopic (exact) mass is 272 g/mol. The van der Waals surface area contributed by atoms with Crippen LogP contribution in [0.15, 0.2) is 0 Å². The fourth-order valence-corrected chi connectivity index (χ4v) is 3.74. The Morgan fingerprint density at radius 2 is 2.47 bits per heavy atom. The van der Waals surface area contributed by atoms with E-state index in [9.17, 15) is 4.79 Å². The van der Waals surface area contributed by atoms with Crippen LogP contribution in [-0.2, 0) is 11.3 Å².